The molecule has 4 aromatic rings. The van der Waals surface area contributed by atoms with Crippen LogP contribution in [0.1, 0.15) is 32.1 Å². The minimum atomic E-state index is -0.921. The van der Waals surface area contributed by atoms with Gasteiger partial charge in [0.05, 0.1) is 23.1 Å². The van der Waals surface area contributed by atoms with Gasteiger partial charge in [-0.25, -0.2) is 8.78 Å². The highest BCUT2D eigenvalue weighted by Crippen LogP contribution is 2.41. The number of amides is 1. The summed E-state index contributed by atoms with van der Waals surface area (Å²) in [7, 11) is 3.75. The summed E-state index contributed by atoms with van der Waals surface area (Å²) in [6.45, 7) is 2.82. The smallest absolute Gasteiger partial charge is 0.319 e. The van der Waals surface area contributed by atoms with Crippen LogP contribution < -0.4 is 9.64 Å². The van der Waals surface area contributed by atoms with Gasteiger partial charge in [-0.05, 0) is 50.2 Å². The molecule has 1 N–H and O–H groups in total. The van der Waals surface area contributed by atoms with Crippen molar-refractivity contribution in [2.24, 2.45) is 0 Å². The number of β-amino-alcohol motifs (C(OH)–C–C–N with tert-alkyl or cyclic N) is 1. The van der Waals surface area contributed by atoms with Crippen LogP contribution in [-0.2, 0) is 4.79 Å². The lowest BCUT2D eigenvalue weighted by Crippen LogP contribution is -2.43. The maximum absolute atomic E-state index is 16.8. The molecule has 51 heavy (non-hydrogen) atoms. The summed E-state index contributed by atoms with van der Waals surface area (Å²) in [5.41, 5.74) is 0.252. The minimum Gasteiger partial charge on any atom is -0.461 e. The van der Waals surface area contributed by atoms with E-state index >= 15 is 4.39 Å². The predicted molar refractivity (Wildman–Crippen MR) is 192 cm³/mol. The van der Waals surface area contributed by atoms with E-state index in [1.807, 2.05) is 48.2 Å². The number of ether oxygens (including phenoxy) is 1. The van der Waals surface area contributed by atoms with E-state index in [0.717, 1.165) is 24.8 Å². The molecule has 0 unspecified atom stereocenters. The molecule has 1 amide bonds. The summed E-state index contributed by atoms with van der Waals surface area (Å²) in [6.07, 6.45) is 3.52. The van der Waals surface area contributed by atoms with Crippen LogP contribution in [0.15, 0.2) is 42.6 Å². The van der Waals surface area contributed by atoms with E-state index in [4.69, 9.17) is 21.3 Å². The molecule has 13 heteroatoms. The van der Waals surface area contributed by atoms with Gasteiger partial charge in [-0.2, -0.15) is 9.97 Å². The molecule has 4 saturated heterocycles. The third kappa shape index (κ3) is 6.24. The number of hydrogen-bond acceptors (Lipinski definition) is 9. The molecule has 4 aliphatic rings. The fraction of sp³-hybridized carbons (Fsp3) is 0.474. The van der Waals surface area contributed by atoms with Gasteiger partial charge in [0, 0.05) is 74.3 Å². The number of likely N-dealkylation sites (tertiary alicyclic amines) is 2. The number of fused-ring (bicyclic) bond motifs is 3. The zero-order valence-corrected chi connectivity index (χ0v) is 29.4. The molecule has 4 fully saturated rings. The van der Waals surface area contributed by atoms with Crippen molar-refractivity contribution in [1.82, 2.24) is 29.7 Å². The van der Waals surface area contributed by atoms with Gasteiger partial charge < -0.3 is 19.6 Å². The molecule has 8 rings (SSSR count). The molecule has 266 valence electrons. The van der Waals surface area contributed by atoms with Crippen LogP contribution in [0.2, 0.25) is 5.02 Å². The summed E-state index contributed by atoms with van der Waals surface area (Å²) in [5, 5.41) is 12.4. The van der Waals surface area contributed by atoms with Crippen LogP contribution in [0, 0.1) is 17.7 Å². The van der Waals surface area contributed by atoms with Crippen molar-refractivity contribution < 1.29 is 23.4 Å². The lowest BCUT2D eigenvalue weighted by molar-refractivity contribution is -0.124. The van der Waals surface area contributed by atoms with Crippen molar-refractivity contribution in [3.63, 3.8) is 0 Å². The van der Waals surface area contributed by atoms with Gasteiger partial charge in [0.1, 0.15) is 29.8 Å². The Bertz CT molecular complexity index is 2070. The molecule has 6 heterocycles. The molecule has 0 spiro atoms. The number of carbonyl (C=O) groups excluding carboxylic acids is 1. The van der Waals surface area contributed by atoms with Gasteiger partial charge >= 0.3 is 6.01 Å². The van der Waals surface area contributed by atoms with E-state index < -0.39 is 23.6 Å². The van der Waals surface area contributed by atoms with Crippen molar-refractivity contribution in [3.8, 4) is 29.1 Å². The number of hydrogen-bond donors (Lipinski definition) is 1. The number of alkyl halides is 1. The van der Waals surface area contributed by atoms with Crippen LogP contribution in [-0.4, -0.2) is 124 Å². The van der Waals surface area contributed by atoms with Crippen molar-refractivity contribution in [3.05, 3.63) is 53.4 Å². The SMILES string of the molecule is CN1C[C@@H](O)C[C@@H]1C#CC(=O)N1CC[C@@H](N(C)c2nc(OC[C@@]34CCCN3C[C@H](F)C4)nc3c(F)c(-c4cccc5cccc(Cl)c45)ncc23)C1. The summed E-state index contributed by atoms with van der Waals surface area (Å²) in [5.74, 6) is 5.33. The molecule has 2 aromatic carbocycles. The number of pyridine rings is 1. The van der Waals surface area contributed by atoms with Crippen molar-refractivity contribution >= 4 is 45.0 Å². The van der Waals surface area contributed by atoms with E-state index in [0.29, 0.717) is 72.6 Å². The first-order valence-corrected chi connectivity index (χ1v) is 18.0. The van der Waals surface area contributed by atoms with E-state index in [2.05, 4.69) is 26.7 Å². The predicted octanol–water partition coefficient (Wildman–Crippen LogP) is 4.70. The zero-order valence-electron chi connectivity index (χ0n) is 28.7. The molecule has 2 aromatic heterocycles. The quantitative estimate of drug-likeness (QED) is 0.285. The molecular formula is C38H40ClF2N7O3. The lowest BCUT2D eigenvalue weighted by Gasteiger charge is -2.31. The van der Waals surface area contributed by atoms with E-state index in [9.17, 15) is 14.3 Å². The zero-order chi connectivity index (χ0) is 35.4. The van der Waals surface area contributed by atoms with E-state index in [1.165, 1.54) is 0 Å². The Morgan fingerprint density at radius 1 is 1.18 bits per heavy atom. The minimum absolute atomic E-state index is 0.000414. The Morgan fingerprint density at radius 2 is 2.00 bits per heavy atom. The Hall–Kier alpha value is -4.15. The van der Waals surface area contributed by atoms with Crippen molar-refractivity contribution in [2.45, 2.75) is 62.0 Å². The topological polar surface area (TPSA) is 98.2 Å². The summed E-state index contributed by atoms with van der Waals surface area (Å²) in [6, 6.07) is 10.8. The number of rotatable bonds is 6. The number of aliphatic hydroxyl groups is 1. The standard InChI is InChI=1S/C38H40ClF2N7O3/c1-45-21-27(49)16-25(45)10-11-31(50)47-15-12-26(20-47)46(2)36-29-18-42-34(28-8-3-6-23-7-4-9-30(39)32(23)28)33(41)35(29)43-37(44-36)51-22-38-13-5-14-48(38)19-24(40)17-38/h3-4,6-9,18,24-27,49H,5,12-17,19-22H2,1-2H3/t24-,25+,26-,27+,38+/m1/s1. The van der Waals surface area contributed by atoms with Gasteiger partial charge in [0.2, 0.25) is 0 Å². The van der Waals surface area contributed by atoms with Crippen molar-refractivity contribution in [1.29, 1.82) is 0 Å². The highest BCUT2D eigenvalue weighted by Gasteiger charge is 2.49. The normalized spacial score (nSPS) is 26.5. The molecule has 5 atom stereocenters. The number of anilines is 1. The molecule has 0 radical (unpaired) electrons. The summed E-state index contributed by atoms with van der Waals surface area (Å²) in [4.78, 5) is 34.9. The maximum atomic E-state index is 16.8. The number of halogens is 3. The van der Waals surface area contributed by atoms with Gasteiger partial charge in [-0.15, -0.1) is 0 Å². The largest absolute Gasteiger partial charge is 0.461 e. The lowest BCUT2D eigenvalue weighted by atomic mass is 9.95. The summed E-state index contributed by atoms with van der Waals surface area (Å²) >= 11 is 6.62. The van der Waals surface area contributed by atoms with Gasteiger partial charge in [0.25, 0.3) is 5.91 Å². The van der Waals surface area contributed by atoms with E-state index in [1.54, 1.807) is 23.2 Å². The van der Waals surface area contributed by atoms with Gasteiger partial charge in [-0.1, -0.05) is 47.9 Å². The average molecular weight is 716 g/mol. The maximum Gasteiger partial charge on any atom is 0.319 e. The number of likely N-dealkylation sites (N-methyl/N-ethyl adjacent to an activating group) is 2. The molecule has 0 aliphatic carbocycles. The fourth-order valence-electron chi connectivity index (χ4n) is 8.46. The van der Waals surface area contributed by atoms with Crippen LogP contribution >= 0.6 is 11.6 Å². The molecule has 4 aliphatic heterocycles. The Kier molecular flexibility index (Phi) is 8.95. The third-order valence-electron chi connectivity index (χ3n) is 11.2. The highest BCUT2D eigenvalue weighted by atomic mass is 35.5. The Labute approximate surface area is 300 Å². The molecule has 10 nitrogen and oxygen atoms in total. The number of carbonyl (C=O) groups is 1. The second-order valence-corrected chi connectivity index (χ2v) is 14.8. The number of benzene rings is 2. The number of nitrogens with zero attached hydrogens (tertiary/aromatic N) is 7. The van der Waals surface area contributed by atoms with Gasteiger partial charge in [-0.3, -0.25) is 19.6 Å². The first-order chi connectivity index (χ1) is 24.6. The second kappa shape index (κ2) is 13.4. The third-order valence-corrected chi connectivity index (χ3v) is 11.5. The monoisotopic (exact) mass is 715 g/mol. The summed E-state index contributed by atoms with van der Waals surface area (Å²) < 4.78 is 37.7. The first-order valence-electron chi connectivity index (χ1n) is 17.6. The number of aromatic nitrogens is 3. The Balaban J connectivity index is 1.13. The van der Waals surface area contributed by atoms with E-state index in [-0.39, 0.29) is 41.8 Å². The second-order valence-electron chi connectivity index (χ2n) is 14.4. The van der Waals surface area contributed by atoms with Crippen LogP contribution in [0.25, 0.3) is 32.9 Å². The van der Waals surface area contributed by atoms with Gasteiger partial charge in [0.15, 0.2) is 5.82 Å². The van der Waals surface area contributed by atoms with Crippen LogP contribution in [0.3, 0.4) is 0 Å². The molecule has 0 saturated carbocycles. The number of aliphatic hydroxyl groups excluding tert-OH is 1. The van der Waals surface area contributed by atoms with Crippen LogP contribution in [0.5, 0.6) is 6.01 Å². The Morgan fingerprint density at radius 3 is 2.80 bits per heavy atom. The molecular weight excluding hydrogens is 676 g/mol. The molecule has 0 bridgehead atoms. The fourth-order valence-corrected chi connectivity index (χ4v) is 8.75. The van der Waals surface area contributed by atoms with Crippen LogP contribution in [0.4, 0.5) is 14.6 Å². The highest BCUT2D eigenvalue weighted by molar-refractivity contribution is 6.36. The first kappa shape index (κ1) is 34.0. The average Bonchev–Trinajstić information content (AvgIpc) is 3.89. The van der Waals surface area contributed by atoms with Crippen molar-refractivity contribution in [2.75, 3.05) is 58.3 Å².